The van der Waals surface area contributed by atoms with E-state index in [9.17, 15) is 13.6 Å². The molecule has 0 aromatic rings. The number of ether oxygens (including phenoxy) is 1. The van der Waals surface area contributed by atoms with Crippen LogP contribution >= 0.6 is 0 Å². The molecular weight excluding hydrogens is 238 g/mol. The van der Waals surface area contributed by atoms with Crippen molar-refractivity contribution in [3.63, 3.8) is 0 Å². The van der Waals surface area contributed by atoms with Crippen LogP contribution in [0.3, 0.4) is 0 Å². The molecule has 0 aliphatic rings. The molecule has 4 heteroatoms. The molecule has 0 spiro atoms. The molecule has 0 heterocycles. The lowest BCUT2D eigenvalue weighted by atomic mass is 10.1. The monoisotopic (exact) mass is 262 g/mol. The Morgan fingerprint density at radius 2 is 1.72 bits per heavy atom. The summed E-state index contributed by atoms with van der Waals surface area (Å²) >= 11 is 0. The highest BCUT2D eigenvalue weighted by Gasteiger charge is 2.31. The molecule has 0 fully saturated rings. The molecule has 2 nitrogen and oxygen atoms in total. The van der Waals surface area contributed by atoms with Crippen LogP contribution in [-0.2, 0) is 9.53 Å². The number of unbranched alkanes of at least 4 members (excludes halogenated alkanes) is 5. The molecule has 0 saturated heterocycles. The molecule has 0 atom stereocenters. The normalized spacial score (nSPS) is 12.0. The highest BCUT2D eigenvalue weighted by Crippen LogP contribution is 2.23. The van der Waals surface area contributed by atoms with Gasteiger partial charge < -0.3 is 4.74 Å². The highest BCUT2D eigenvalue weighted by molar-refractivity contribution is 5.66. The Morgan fingerprint density at radius 3 is 2.33 bits per heavy atom. The van der Waals surface area contributed by atoms with E-state index >= 15 is 0 Å². The van der Waals surface area contributed by atoms with E-state index in [2.05, 4.69) is 23.8 Å². The third-order valence-electron chi connectivity index (χ3n) is 2.53. The van der Waals surface area contributed by atoms with Gasteiger partial charge in [-0.25, -0.2) is 0 Å². The van der Waals surface area contributed by atoms with Gasteiger partial charge in [-0.3, -0.25) is 4.79 Å². The number of hydrogen-bond acceptors (Lipinski definition) is 2. The minimum absolute atomic E-state index is 0.373. The predicted molar refractivity (Wildman–Crippen MR) is 68.5 cm³/mol. The molecular formula is C14H24F2O2. The second-order valence-corrected chi connectivity index (χ2v) is 4.42. The van der Waals surface area contributed by atoms with Crippen LogP contribution in [0, 0.1) is 0 Å². The van der Waals surface area contributed by atoms with Crippen LogP contribution in [-0.4, -0.2) is 12.1 Å². The molecule has 0 bridgehead atoms. The quantitative estimate of drug-likeness (QED) is 0.320. The van der Waals surface area contributed by atoms with Crippen molar-refractivity contribution in [3.8, 4) is 0 Å². The van der Waals surface area contributed by atoms with Crippen LogP contribution in [0.15, 0.2) is 12.2 Å². The Hall–Kier alpha value is -0.930. The van der Waals surface area contributed by atoms with E-state index < -0.39 is 12.1 Å². The summed E-state index contributed by atoms with van der Waals surface area (Å²) in [6.45, 7) is 3.09. The van der Waals surface area contributed by atoms with Crippen molar-refractivity contribution in [2.24, 2.45) is 0 Å². The topological polar surface area (TPSA) is 26.3 Å². The largest absolute Gasteiger partial charge is 0.401 e. The van der Waals surface area contributed by atoms with Crippen molar-refractivity contribution in [2.75, 3.05) is 0 Å². The molecule has 0 aromatic heterocycles. The Balaban J connectivity index is 3.39. The van der Waals surface area contributed by atoms with Gasteiger partial charge in [0.15, 0.2) is 0 Å². The van der Waals surface area contributed by atoms with Gasteiger partial charge in [0, 0.05) is 6.92 Å². The molecule has 0 amide bonds. The zero-order valence-corrected chi connectivity index (χ0v) is 11.4. The van der Waals surface area contributed by atoms with E-state index in [1.54, 1.807) is 0 Å². The summed E-state index contributed by atoms with van der Waals surface area (Å²) < 4.78 is 29.8. The van der Waals surface area contributed by atoms with Crippen LogP contribution in [0.5, 0.6) is 0 Å². The number of esters is 1. The number of rotatable bonds is 10. The van der Waals surface area contributed by atoms with E-state index in [4.69, 9.17) is 0 Å². The lowest BCUT2D eigenvalue weighted by molar-refractivity contribution is -0.233. The number of alkyl halides is 2. The number of halogens is 2. The zero-order chi connectivity index (χ0) is 13.9. The van der Waals surface area contributed by atoms with Crippen molar-refractivity contribution < 1.29 is 18.3 Å². The maximum atomic E-state index is 12.9. The first-order chi connectivity index (χ1) is 8.48. The standard InChI is InChI=1S/C14H24F2O2/c1-3-4-5-6-7-8-9-10-11-12-14(15,16)18-13(2)17/h4-5H,3,6-12H2,1-2H3. The van der Waals surface area contributed by atoms with Crippen molar-refractivity contribution in [1.82, 2.24) is 0 Å². The fourth-order valence-electron chi connectivity index (χ4n) is 1.67. The van der Waals surface area contributed by atoms with Crippen molar-refractivity contribution in [2.45, 2.75) is 71.3 Å². The smallest absolute Gasteiger partial charge is 0.399 e. The zero-order valence-electron chi connectivity index (χ0n) is 11.4. The fourth-order valence-corrected chi connectivity index (χ4v) is 1.67. The average molecular weight is 262 g/mol. The number of carbonyl (C=O) groups is 1. The van der Waals surface area contributed by atoms with Crippen LogP contribution in [0.1, 0.15) is 65.2 Å². The average Bonchev–Trinajstić information content (AvgIpc) is 2.25. The molecule has 0 rings (SSSR count). The van der Waals surface area contributed by atoms with Crippen LogP contribution in [0.25, 0.3) is 0 Å². The molecule has 0 aliphatic carbocycles. The van der Waals surface area contributed by atoms with Crippen molar-refractivity contribution in [1.29, 1.82) is 0 Å². The third kappa shape index (κ3) is 11.6. The van der Waals surface area contributed by atoms with Crippen molar-refractivity contribution >= 4 is 5.97 Å². The second-order valence-electron chi connectivity index (χ2n) is 4.42. The van der Waals surface area contributed by atoms with Crippen LogP contribution in [0.4, 0.5) is 8.78 Å². The van der Waals surface area contributed by atoms with Crippen molar-refractivity contribution in [3.05, 3.63) is 12.2 Å². The van der Waals surface area contributed by atoms with Gasteiger partial charge in [0.05, 0.1) is 6.42 Å². The van der Waals surface area contributed by atoms with Gasteiger partial charge in [0.25, 0.3) is 0 Å². The van der Waals surface area contributed by atoms with Gasteiger partial charge in [-0.2, -0.15) is 8.78 Å². The molecule has 18 heavy (non-hydrogen) atoms. The fraction of sp³-hybridized carbons (Fsp3) is 0.786. The number of carbonyl (C=O) groups excluding carboxylic acids is 1. The maximum Gasteiger partial charge on any atom is 0.399 e. The first-order valence-electron chi connectivity index (χ1n) is 6.70. The van der Waals surface area contributed by atoms with Gasteiger partial charge in [-0.05, 0) is 25.7 Å². The molecule has 0 N–H and O–H groups in total. The van der Waals surface area contributed by atoms with Crippen LogP contribution < -0.4 is 0 Å². The molecule has 106 valence electrons. The number of allylic oxidation sites excluding steroid dienone is 2. The first-order valence-corrected chi connectivity index (χ1v) is 6.70. The lowest BCUT2D eigenvalue weighted by Crippen LogP contribution is -2.23. The minimum atomic E-state index is -3.30. The summed E-state index contributed by atoms with van der Waals surface area (Å²) in [7, 11) is 0. The predicted octanol–water partition coefficient (Wildman–Crippen LogP) is 4.84. The SMILES string of the molecule is CCC=CCCCCCCCC(F)(F)OC(C)=O. The van der Waals surface area contributed by atoms with E-state index in [0.717, 1.165) is 45.4 Å². The Morgan fingerprint density at radius 1 is 1.11 bits per heavy atom. The van der Waals surface area contributed by atoms with E-state index in [1.165, 1.54) is 0 Å². The second kappa shape index (κ2) is 10.0. The summed E-state index contributed by atoms with van der Waals surface area (Å²) in [5.41, 5.74) is 0. The summed E-state index contributed by atoms with van der Waals surface area (Å²) in [4.78, 5) is 10.4. The van der Waals surface area contributed by atoms with E-state index in [0.29, 0.717) is 6.42 Å². The number of hydrogen-bond donors (Lipinski definition) is 0. The first kappa shape index (κ1) is 17.1. The highest BCUT2D eigenvalue weighted by atomic mass is 19.3. The molecule has 0 aromatic carbocycles. The Labute approximate surface area is 108 Å². The van der Waals surface area contributed by atoms with Gasteiger partial charge in [-0.15, -0.1) is 0 Å². The minimum Gasteiger partial charge on any atom is -0.401 e. The molecule has 0 unspecified atom stereocenters. The third-order valence-corrected chi connectivity index (χ3v) is 2.53. The molecule has 0 aliphatic heterocycles. The van der Waals surface area contributed by atoms with Gasteiger partial charge in [0.1, 0.15) is 0 Å². The summed E-state index contributed by atoms with van der Waals surface area (Å²) in [5.74, 6) is -0.928. The van der Waals surface area contributed by atoms with E-state index in [-0.39, 0.29) is 6.42 Å². The van der Waals surface area contributed by atoms with Gasteiger partial charge >= 0.3 is 12.1 Å². The summed E-state index contributed by atoms with van der Waals surface area (Å²) in [6.07, 6.45) is 7.04. The maximum absolute atomic E-state index is 12.9. The molecule has 0 saturated carbocycles. The molecule has 0 radical (unpaired) electrons. The van der Waals surface area contributed by atoms with Crippen LogP contribution in [0.2, 0.25) is 0 Å². The van der Waals surface area contributed by atoms with Gasteiger partial charge in [-0.1, -0.05) is 38.3 Å². The summed E-state index contributed by atoms with van der Waals surface area (Å²) in [6, 6.07) is 0. The Bertz CT molecular complexity index is 250. The summed E-state index contributed by atoms with van der Waals surface area (Å²) in [5, 5.41) is 0. The lowest BCUT2D eigenvalue weighted by Gasteiger charge is -2.14. The Kier molecular flexibility index (Phi) is 9.52. The van der Waals surface area contributed by atoms with E-state index in [1.807, 2.05) is 0 Å². The van der Waals surface area contributed by atoms with Gasteiger partial charge in [0.2, 0.25) is 0 Å².